The van der Waals surface area contributed by atoms with Gasteiger partial charge in [-0.1, -0.05) is 0 Å². The van der Waals surface area contributed by atoms with Crippen molar-refractivity contribution in [2.45, 2.75) is 44.7 Å². The fraction of sp³-hybridized carbons (Fsp3) is 0.524. The number of H-pyrrole nitrogens is 1. The molecule has 142 valence electrons. The monoisotopic (exact) mass is 365 g/mol. The number of likely N-dealkylation sites (tertiary alicyclic amines) is 1. The van der Waals surface area contributed by atoms with Crippen molar-refractivity contribution in [2.24, 2.45) is 0 Å². The molecule has 1 saturated heterocycles. The molecule has 1 aromatic carbocycles. The Bertz CT molecular complexity index is 907. The van der Waals surface area contributed by atoms with Crippen molar-refractivity contribution in [2.75, 3.05) is 26.7 Å². The van der Waals surface area contributed by atoms with Crippen molar-refractivity contribution in [3.05, 3.63) is 35.0 Å². The Hall–Kier alpha value is -2.52. The van der Waals surface area contributed by atoms with Gasteiger partial charge in [-0.05, 0) is 57.0 Å². The number of benzene rings is 1. The molecule has 1 aromatic heterocycles. The topological polar surface area (TPSA) is 75.2 Å². The first-order valence-corrected chi connectivity index (χ1v) is 9.85. The molecule has 0 saturated carbocycles. The van der Waals surface area contributed by atoms with Gasteiger partial charge in [0.2, 0.25) is 0 Å². The fourth-order valence-electron chi connectivity index (χ4n) is 5.01. The number of hydrogen-bond acceptors (Lipinski definition) is 3. The van der Waals surface area contributed by atoms with Crippen LogP contribution in [0.25, 0.3) is 10.9 Å². The van der Waals surface area contributed by atoms with Gasteiger partial charge in [0, 0.05) is 54.7 Å². The average Bonchev–Trinajstić information content (AvgIpc) is 3.07. The van der Waals surface area contributed by atoms with Crippen LogP contribution in [-0.4, -0.2) is 59.6 Å². The number of nitrogens with zero attached hydrogens (tertiary/aromatic N) is 3. The Labute approximate surface area is 160 Å². The molecule has 1 aliphatic carbocycles. The predicted octanol–water partition coefficient (Wildman–Crippen LogP) is 2.80. The molecule has 0 unspecified atom stereocenters. The lowest BCUT2D eigenvalue weighted by atomic mass is 9.72. The van der Waals surface area contributed by atoms with Gasteiger partial charge >= 0.3 is 6.03 Å². The zero-order valence-corrected chi connectivity index (χ0v) is 16.2. The van der Waals surface area contributed by atoms with E-state index in [1.807, 2.05) is 30.9 Å². The number of carbonyl (C=O) groups is 1. The predicted molar refractivity (Wildman–Crippen MR) is 106 cm³/mol. The lowest BCUT2D eigenvalue weighted by molar-refractivity contribution is 0.124. The van der Waals surface area contributed by atoms with E-state index < -0.39 is 0 Å². The summed E-state index contributed by atoms with van der Waals surface area (Å²) < 4.78 is 0. The van der Waals surface area contributed by atoms with Crippen molar-refractivity contribution in [1.29, 1.82) is 5.26 Å². The number of likely N-dealkylation sites (N-methyl/N-ethyl adjacent to an activating group) is 1. The maximum Gasteiger partial charge on any atom is 0.317 e. The summed E-state index contributed by atoms with van der Waals surface area (Å²) in [6.45, 7) is 6.26. The third kappa shape index (κ3) is 2.87. The molecule has 6 nitrogen and oxygen atoms in total. The van der Waals surface area contributed by atoms with Crippen LogP contribution in [0.2, 0.25) is 0 Å². The Balaban J connectivity index is 1.68. The van der Waals surface area contributed by atoms with Crippen molar-refractivity contribution in [1.82, 2.24) is 20.1 Å². The minimum Gasteiger partial charge on any atom is -0.361 e. The largest absolute Gasteiger partial charge is 0.361 e. The van der Waals surface area contributed by atoms with Gasteiger partial charge in [-0.25, -0.2) is 4.79 Å². The maximum absolute atomic E-state index is 12.5. The number of amides is 2. The summed E-state index contributed by atoms with van der Waals surface area (Å²) in [5.41, 5.74) is 4.34. The molecule has 0 bridgehead atoms. The number of hydrogen-bond donors (Lipinski definition) is 2. The second-order valence-electron chi connectivity index (χ2n) is 7.75. The third-order valence-electron chi connectivity index (χ3n) is 6.34. The summed E-state index contributed by atoms with van der Waals surface area (Å²) in [5, 5.41) is 14.2. The number of urea groups is 1. The number of carbonyl (C=O) groups excluding carboxylic acids is 1. The Morgan fingerprint density at radius 3 is 2.89 bits per heavy atom. The second kappa shape index (κ2) is 6.90. The summed E-state index contributed by atoms with van der Waals surface area (Å²) in [4.78, 5) is 20.1. The normalized spacial score (nSPS) is 24.3. The van der Waals surface area contributed by atoms with Crippen molar-refractivity contribution in [3.63, 3.8) is 0 Å². The van der Waals surface area contributed by atoms with Gasteiger partial charge in [-0.2, -0.15) is 5.26 Å². The van der Waals surface area contributed by atoms with Crippen LogP contribution >= 0.6 is 0 Å². The van der Waals surface area contributed by atoms with Crippen LogP contribution in [0.5, 0.6) is 0 Å². The van der Waals surface area contributed by atoms with Crippen molar-refractivity contribution < 1.29 is 4.79 Å². The Morgan fingerprint density at radius 1 is 1.41 bits per heavy atom. The smallest absolute Gasteiger partial charge is 0.317 e. The molecule has 2 aromatic rings. The van der Waals surface area contributed by atoms with E-state index in [9.17, 15) is 10.1 Å². The molecule has 0 radical (unpaired) electrons. The molecule has 27 heavy (non-hydrogen) atoms. The lowest BCUT2D eigenvalue weighted by Crippen LogP contribution is -2.56. The lowest BCUT2D eigenvalue weighted by Gasteiger charge is -2.46. The highest BCUT2D eigenvalue weighted by Gasteiger charge is 2.41. The van der Waals surface area contributed by atoms with Crippen molar-refractivity contribution in [3.8, 4) is 6.07 Å². The minimum atomic E-state index is 0.00806. The minimum absolute atomic E-state index is 0.00806. The maximum atomic E-state index is 12.5. The zero-order valence-electron chi connectivity index (χ0n) is 16.2. The van der Waals surface area contributed by atoms with E-state index >= 15 is 0 Å². The van der Waals surface area contributed by atoms with E-state index in [1.54, 1.807) is 0 Å². The van der Waals surface area contributed by atoms with E-state index in [4.69, 9.17) is 0 Å². The highest BCUT2D eigenvalue weighted by molar-refractivity contribution is 5.90. The molecular weight excluding hydrogens is 338 g/mol. The van der Waals surface area contributed by atoms with Crippen molar-refractivity contribution >= 4 is 16.9 Å². The van der Waals surface area contributed by atoms with Gasteiger partial charge in [0.1, 0.15) is 0 Å². The van der Waals surface area contributed by atoms with Crippen LogP contribution in [0.4, 0.5) is 4.79 Å². The van der Waals surface area contributed by atoms with E-state index in [1.165, 1.54) is 10.9 Å². The molecule has 2 heterocycles. The van der Waals surface area contributed by atoms with Gasteiger partial charge in [-0.15, -0.1) is 0 Å². The SMILES string of the molecule is CCN(CC)C(=O)N[C@H]1C[C@@H]2c3c(C#N)ccc4[nH]cc(c34)C[C@H]2N(C)C1. The van der Waals surface area contributed by atoms with Gasteiger partial charge < -0.3 is 20.1 Å². The molecule has 6 heteroatoms. The quantitative estimate of drug-likeness (QED) is 0.878. The molecular formula is C21H27N5O. The first-order chi connectivity index (χ1) is 13.1. The first kappa shape index (κ1) is 17.9. The number of aromatic nitrogens is 1. The Morgan fingerprint density at radius 2 is 2.19 bits per heavy atom. The summed E-state index contributed by atoms with van der Waals surface area (Å²) >= 11 is 0. The molecule has 1 fully saturated rings. The molecule has 4 rings (SSSR count). The molecule has 2 aliphatic rings. The molecule has 2 amide bonds. The number of piperidine rings is 1. The van der Waals surface area contributed by atoms with Gasteiger partial charge in [0.15, 0.2) is 0 Å². The van der Waals surface area contributed by atoms with Crippen LogP contribution in [-0.2, 0) is 6.42 Å². The van der Waals surface area contributed by atoms with Gasteiger partial charge in [0.05, 0.1) is 11.6 Å². The summed E-state index contributed by atoms with van der Waals surface area (Å²) in [6.07, 6.45) is 3.95. The van der Waals surface area contributed by atoms with Crippen LogP contribution in [0, 0.1) is 11.3 Å². The van der Waals surface area contributed by atoms with Crippen LogP contribution < -0.4 is 5.32 Å². The van der Waals surface area contributed by atoms with Crippen LogP contribution in [0.3, 0.4) is 0 Å². The third-order valence-corrected chi connectivity index (χ3v) is 6.34. The summed E-state index contributed by atoms with van der Waals surface area (Å²) in [7, 11) is 2.14. The average molecular weight is 365 g/mol. The summed E-state index contributed by atoms with van der Waals surface area (Å²) in [6, 6.07) is 6.80. The first-order valence-electron chi connectivity index (χ1n) is 9.85. The molecule has 3 atom stereocenters. The van der Waals surface area contributed by atoms with E-state index in [-0.39, 0.29) is 18.0 Å². The molecule has 0 spiro atoms. The van der Waals surface area contributed by atoms with Crippen LogP contribution in [0.15, 0.2) is 18.3 Å². The standard InChI is InChI=1S/C21H27N5O/c1-4-26(5-2)21(27)24-15-9-16-18(25(3)12-15)8-14-11-23-17-7-6-13(10-22)19(16)20(14)17/h6-7,11,15-16,18,23H,4-5,8-9,12H2,1-3H3,(H,24,27)/t15-,16-,18+/m0/s1. The van der Waals surface area contributed by atoms with E-state index in [0.29, 0.717) is 19.1 Å². The van der Waals surface area contributed by atoms with Gasteiger partial charge in [0.25, 0.3) is 0 Å². The number of nitriles is 1. The van der Waals surface area contributed by atoms with Gasteiger partial charge in [-0.3, -0.25) is 0 Å². The van der Waals surface area contributed by atoms with E-state index in [2.05, 4.69) is 34.5 Å². The highest BCUT2D eigenvalue weighted by Crippen LogP contribution is 2.44. The number of nitrogens with one attached hydrogen (secondary N) is 2. The Kier molecular flexibility index (Phi) is 4.56. The highest BCUT2D eigenvalue weighted by atomic mass is 16.2. The van der Waals surface area contributed by atoms with E-state index in [0.717, 1.165) is 36.0 Å². The fourth-order valence-corrected chi connectivity index (χ4v) is 5.01. The van der Waals surface area contributed by atoms with Crippen LogP contribution in [0.1, 0.15) is 42.9 Å². The number of aromatic amines is 1. The summed E-state index contributed by atoms with van der Waals surface area (Å²) in [5.74, 6) is 0.257. The number of rotatable bonds is 3. The second-order valence-corrected chi connectivity index (χ2v) is 7.75. The molecule has 2 N–H and O–H groups in total. The molecule has 1 aliphatic heterocycles. The number of fused-ring (bicyclic) bond motifs is 2. The zero-order chi connectivity index (χ0) is 19.1.